The highest BCUT2D eigenvalue weighted by atomic mass is 19.4. The summed E-state index contributed by atoms with van der Waals surface area (Å²) in [5.74, 6) is -0.707. The first-order valence-electron chi connectivity index (χ1n) is 8.06. The van der Waals surface area contributed by atoms with E-state index in [1.165, 1.54) is 0 Å². The van der Waals surface area contributed by atoms with E-state index in [2.05, 4.69) is 14.9 Å². The SMILES string of the molecule is CC(C)c1cc(N2CCC[C@@H](N(C)C)CC2)nc(C(F)(F)F)n1. The van der Waals surface area contributed by atoms with Gasteiger partial charge in [-0.2, -0.15) is 13.2 Å². The number of rotatable bonds is 3. The summed E-state index contributed by atoms with van der Waals surface area (Å²) < 4.78 is 39.2. The Balaban J connectivity index is 2.29. The summed E-state index contributed by atoms with van der Waals surface area (Å²) >= 11 is 0. The van der Waals surface area contributed by atoms with Crippen molar-refractivity contribution in [2.24, 2.45) is 0 Å². The molecule has 0 N–H and O–H groups in total. The lowest BCUT2D eigenvalue weighted by atomic mass is 10.1. The number of halogens is 3. The molecule has 4 nitrogen and oxygen atoms in total. The van der Waals surface area contributed by atoms with E-state index in [0.717, 1.165) is 25.8 Å². The molecule has 0 amide bonds. The fourth-order valence-corrected chi connectivity index (χ4v) is 2.86. The van der Waals surface area contributed by atoms with Crippen LogP contribution >= 0.6 is 0 Å². The van der Waals surface area contributed by atoms with E-state index in [1.807, 2.05) is 32.8 Å². The zero-order valence-corrected chi connectivity index (χ0v) is 14.2. The molecular weight excluding hydrogens is 305 g/mol. The standard InChI is InChI=1S/C16H25F3N4/c1-11(2)13-10-14(21-15(20-13)16(17,18)19)23-8-5-6-12(7-9-23)22(3)4/h10-12H,5-9H2,1-4H3/t12-/m1/s1. The first-order valence-corrected chi connectivity index (χ1v) is 8.06. The minimum absolute atomic E-state index is 0.0700. The van der Waals surface area contributed by atoms with Crippen LogP contribution in [0.15, 0.2) is 6.07 Å². The topological polar surface area (TPSA) is 32.3 Å². The number of hydrogen-bond donors (Lipinski definition) is 0. The molecule has 0 radical (unpaired) electrons. The van der Waals surface area contributed by atoms with Gasteiger partial charge in [-0.3, -0.25) is 0 Å². The van der Waals surface area contributed by atoms with Gasteiger partial charge in [0.15, 0.2) is 0 Å². The van der Waals surface area contributed by atoms with Crippen molar-refractivity contribution in [2.75, 3.05) is 32.1 Å². The molecule has 1 fully saturated rings. The molecule has 1 aromatic rings. The molecule has 0 spiro atoms. The van der Waals surface area contributed by atoms with Crippen molar-refractivity contribution in [3.05, 3.63) is 17.6 Å². The highest BCUT2D eigenvalue weighted by Crippen LogP contribution is 2.30. The van der Waals surface area contributed by atoms with Crippen molar-refractivity contribution < 1.29 is 13.2 Å². The maximum Gasteiger partial charge on any atom is 0.451 e. The first-order chi connectivity index (χ1) is 10.7. The third kappa shape index (κ3) is 4.56. The third-order valence-electron chi connectivity index (χ3n) is 4.33. The Kier molecular flexibility index (Phi) is 5.49. The Morgan fingerprint density at radius 1 is 1.17 bits per heavy atom. The zero-order valence-electron chi connectivity index (χ0n) is 14.2. The van der Waals surface area contributed by atoms with Crippen LogP contribution in [0, 0.1) is 0 Å². The van der Waals surface area contributed by atoms with Gasteiger partial charge in [-0.1, -0.05) is 13.8 Å². The zero-order chi connectivity index (χ0) is 17.2. The van der Waals surface area contributed by atoms with E-state index in [4.69, 9.17) is 0 Å². The van der Waals surface area contributed by atoms with E-state index >= 15 is 0 Å². The Morgan fingerprint density at radius 3 is 2.43 bits per heavy atom. The summed E-state index contributed by atoms with van der Waals surface area (Å²) in [5, 5.41) is 0. The second-order valence-electron chi connectivity index (χ2n) is 6.66. The molecule has 0 bridgehead atoms. The van der Waals surface area contributed by atoms with Gasteiger partial charge in [0.05, 0.1) is 0 Å². The number of hydrogen-bond acceptors (Lipinski definition) is 4. The molecule has 2 heterocycles. The first kappa shape index (κ1) is 18.0. The Hall–Kier alpha value is -1.37. The summed E-state index contributed by atoms with van der Waals surface area (Å²) in [6.45, 7) is 5.14. The lowest BCUT2D eigenvalue weighted by molar-refractivity contribution is -0.145. The normalized spacial score (nSPS) is 20.2. The van der Waals surface area contributed by atoms with Gasteiger partial charge in [-0.15, -0.1) is 0 Å². The van der Waals surface area contributed by atoms with Crippen LogP contribution in [0.5, 0.6) is 0 Å². The van der Waals surface area contributed by atoms with Crippen molar-refractivity contribution in [1.29, 1.82) is 0 Å². The van der Waals surface area contributed by atoms with E-state index in [9.17, 15) is 13.2 Å². The van der Waals surface area contributed by atoms with E-state index in [1.54, 1.807) is 6.07 Å². The highest BCUT2D eigenvalue weighted by molar-refractivity contribution is 5.41. The minimum atomic E-state index is -4.52. The molecule has 1 saturated heterocycles. The summed E-state index contributed by atoms with van der Waals surface area (Å²) in [5.41, 5.74) is 0.440. The van der Waals surface area contributed by atoms with Crippen LogP contribution in [0.25, 0.3) is 0 Å². The highest BCUT2D eigenvalue weighted by Gasteiger charge is 2.36. The molecule has 1 aliphatic rings. The maximum atomic E-state index is 13.1. The molecule has 0 unspecified atom stereocenters. The summed E-state index contributed by atoms with van der Waals surface area (Å²) in [7, 11) is 4.09. The van der Waals surface area contributed by atoms with Gasteiger partial charge in [-0.25, -0.2) is 9.97 Å². The van der Waals surface area contributed by atoms with E-state index < -0.39 is 12.0 Å². The van der Waals surface area contributed by atoms with Gasteiger partial charge in [0, 0.05) is 30.9 Å². The quantitative estimate of drug-likeness (QED) is 0.848. The molecule has 130 valence electrons. The fraction of sp³-hybridized carbons (Fsp3) is 0.750. The smallest absolute Gasteiger partial charge is 0.356 e. The lowest BCUT2D eigenvalue weighted by Crippen LogP contribution is -2.30. The second-order valence-corrected chi connectivity index (χ2v) is 6.66. The van der Waals surface area contributed by atoms with Gasteiger partial charge in [0.25, 0.3) is 0 Å². The molecule has 0 aromatic carbocycles. The van der Waals surface area contributed by atoms with Crippen LogP contribution < -0.4 is 4.90 Å². The maximum absolute atomic E-state index is 13.1. The number of alkyl halides is 3. The summed E-state index contributed by atoms with van der Waals surface area (Å²) in [4.78, 5) is 11.6. The van der Waals surface area contributed by atoms with Crippen LogP contribution in [0.4, 0.5) is 19.0 Å². The average molecular weight is 330 g/mol. The molecule has 2 rings (SSSR count). The van der Waals surface area contributed by atoms with Gasteiger partial charge < -0.3 is 9.80 Å². The largest absolute Gasteiger partial charge is 0.451 e. The fourth-order valence-electron chi connectivity index (χ4n) is 2.86. The Morgan fingerprint density at radius 2 is 1.87 bits per heavy atom. The minimum Gasteiger partial charge on any atom is -0.356 e. The van der Waals surface area contributed by atoms with E-state index in [-0.39, 0.29) is 5.92 Å². The molecule has 0 aliphatic carbocycles. The van der Waals surface area contributed by atoms with E-state index in [0.29, 0.717) is 24.1 Å². The molecule has 23 heavy (non-hydrogen) atoms. The summed E-state index contributed by atoms with van der Waals surface area (Å²) in [6.07, 6.45) is -1.59. The number of anilines is 1. The van der Waals surface area contributed by atoms with Gasteiger partial charge >= 0.3 is 6.18 Å². The van der Waals surface area contributed by atoms with Crippen LogP contribution in [0.2, 0.25) is 0 Å². The molecule has 1 aromatic heterocycles. The van der Waals surface area contributed by atoms with Crippen molar-refractivity contribution in [2.45, 2.75) is 51.2 Å². The van der Waals surface area contributed by atoms with Crippen LogP contribution in [0.1, 0.15) is 50.5 Å². The van der Waals surface area contributed by atoms with Crippen LogP contribution in [0.3, 0.4) is 0 Å². The van der Waals surface area contributed by atoms with Gasteiger partial charge in [0.2, 0.25) is 5.82 Å². The third-order valence-corrected chi connectivity index (χ3v) is 4.33. The predicted molar refractivity (Wildman–Crippen MR) is 84.7 cm³/mol. The molecule has 7 heteroatoms. The number of aromatic nitrogens is 2. The average Bonchev–Trinajstić information content (AvgIpc) is 2.71. The Labute approximate surface area is 135 Å². The van der Waals surface area contributed by atoms with Crippen molar-refractivity contribution in [1.82, 2.24) is 14.9 Å². The lowest BCUT2D eigenvalue weighted by Gasteiger charge is -2.25. The summed E-state index contributed by atoms with van der Waals surface area (Å²) in [6, 6.07) is 2.17. The van der Waals surface area contributed by atoms with Crippen LogP contribution in [-0.2, 0) is 6.18 Å². The van der Waals surface area contributed by atoms with Gasteiger partial charge in [-0.05, 0) is 39.3 Å². The van der Waals surface area contributed by atoms with Crippen molar-refractivity contribution >= 4 is 5.82 Å². The number of nitrogens with zero attached hydrogens (tertiary/aromatic N) is 4. The molecular formula is C16H25F3N4. The monoisotopic (exact) mass is 330 g/mol. The second kappa shape index (κ2) is 7.03. The molecule has 1 atom stereocenters. The molecule has 1 aliphatic heterocycles. The van der Waals surface area contributed by atoms with Crippen LogP contribution in [-0.4, -0.2) is 48.1 Å². The van der Waals surface area contributed by atoms with Crippen molar-refractivity contribution in [3.63, 3.8) is 0 Å². The Bertz CT molecular complexity index is 529. The van der Waals surface area contributed by atoms with Crippen molar-refractivity contribution in [3.8, 4) is 0 Å². The van der Waals surface area contributed by atoms with Gasteiger partial charge in [0.1, 0.15) is 5.82 Å². The predicted octanol–water partition coefficient (Wildman–Crippen LogP) is 3.54. The molecule has 0 saturated carbocycles.